The maximum absolute atomic E-state index is 11.7. The van der Waals surface area contributed by atoms with Gasteiger partial charge in [-0.25, -0.2) is 13.6 Å². The zero-order valence-corrected chi connectivity index (χ0v) is 15.1. The minimum absolute atomic E-state index is 0. The van der Waals surface area contributed by atoms with Gasteiger partial charge in [-0.3, -0.25) is 9.59 Å². The van der Waals surface area contributed by atoms with Gasteiger partial charge in [-0.05, 0) is 23.6 Å². The highest BCUT2D eigenvalue weighted by atomic mass is 35.5. The molecule has 0 radical (unpaired) electrons. The maximum Gasteiger partial charge on any atom is 0.239 e. The summed E-state index contributed by atoms with van der Waals surface area (Å²) in [6.45, 7) is 3.54. The van der Waals surface area contributed by atoms with E-state index in [4.69, 9.17) is 10.9 Å². The first-order chi connectivity index (χ1) is 10.6. The Kier molecular flexibility index (Phi) is 8.91. The largest absolute Gasteiger partial charge is 0.350 e. The van der Waals surface area contributed by atoms with Crippen LogP contribution in [0.5, 0.6) is 0 Å². The summed E-state index contributed by atoms with van der Waals surface area (Å²) >= 11 is 0. The number of nitrogens with one attached hydrogen (secondary N) is 2. The average Bonchev–Trinajstić information content (AvgIpc) is 2.49. The van der Waals surface area contributed by atoms with E-state index < -0.39 is 27.9 Å². The van der Waals surface area contributed by atoms with Crippen LogP contribution < -0.4 is 21.5 Å². The van der Waals surface area contributed by atoms with Crippen LogP contribution in [0.3, 0.4) is 0 Å². The van der Waals surface area contributed by atoms with Gasteiger partial charge in [0.2, 0.25) is 21.8 Å². The molecular formula is C14H23ClN4O4S. The second-order valence-electron chi connectivity index (χ2n) is 5.46. The lowest BCUT2D eigenvalue weighted by atomic mass is 10.1. The van der Waals surface area contributed by atoms with Crippen LogP contribution in [0, 0.1) is 5.92 Å². The number of amides is 2. The van der Waals surface area contributed by atoms with Crippen molar-refractivity contribution in [1.29, 1.82) is 0 Å². The van der Waals surface area contributed by atoms with Crippen LogP contribution in [-0.4, -0.2) is 32.8 Å². The molecule has 0 aliphatic rings. The first-order valence-electron chi connectivity index (χ1n) is 7.03. The Balaban J connectivity index is 0.00000529. The van der Waals surface area contributed by atoms with Crippen LogP contribution in [0.25, 0.3) is 0 Å². The standard InChI is InChI=1S/C14H22N4O4S.ClH/c1-9(2)13(15)14(20)18-8-12(19)17-7-10-4-3-5-11(6-10)23(16,21)22;/h3-6,9,13H,7-8,15H2,1-2H3,(H,17,19)(H,18,20)(H2,16,21,22);1H/t13-;/m0./s1. The molecule has 0 aliphatic heterocycles. The molecule has 2 amide bonds. The second kappa shape index (κ2) is 9.58. The average molecular weight is 379 g/mol. The predicted molar refractivity (Wildman–Crippen MR) is 92.7 cm³/mol. The quantitative estimate of drug-likeness (QED) is 0.504. The minimum Gasteiger partial charge on any atom is -0.350 e. The fourth-order valence-electron chi connectivity index (χ4n) is 1.68. The first-order valence-corrected chi connectivity index (χ1v) is 8.57. The summed E-state index contributed by atoms with van der Waals surface area (Å²) in [6, 6.07) is 5.26. The lowest BCUT2D eigenvalue weighted by Crippen LogP contribution is -2.47. The van der Waals surface area contributed by atoms with Crippen molar-refractivity contribution in [1.82, 2.24) is 10.6 Å². The number of nitrogens with two attached hydrogens (primary N) is 2. The summed E-state index contributed by atoms with van der Waals surface area (Å²) in [5, 5.41) is 10.1. The Bertz CT molecular complexity index is 679. The van der Waals surface area contributed by atoms with E-state index in [0.29, 0.717) is 5.56 Å². The molecule has 0 saturated heterocycles. The van der Waals surface area contributed by atoms with Crippen LogP contribution in [0.2, 0.25) is 0 Å². The van der Waals surface area contributed by atoms with Gasteiger partial charge in [0.1, 0.15) is 0 Å². The zero-order chi connectivity index (χ0) is 17.6. The Morgan fingerprint density at radius 1 is 1.21 bits per heavy atom. The fraction of sp³-hybridized carbons (Fsp3) is 0.429. The number of benzene rings is 1. The zero-order valence-electron chi connectivity index (χ0n) is 13.5. The number of primary sulfonamides is 1. The molecule has 1 aromatic carbocycles. The van der Waals surface area contributed by atoms with Gasteiger partial charge in [0, 0.05) is 6.54 Å². The van der Waals surface area contributed by atoms with Gasteiger partial charge in [0.25, 0.3) is 0 Å². The van der Waals surface area contributed by atoms with Gasteiger partial charge >= 0.3 is 0 Å². The topological polar surface area (TPSA) is 144 Å². The summed E-state index contributed by atoms with van der Waals surface area (Å²) < 4.78 is 22.5. The highest BCUT2D eigenvalue weighted by Crippen LogP contribution is 2.09. The third-order valence-electron chi connectivity index (χ3n) is 3.16. The van der Waals surface area contributed by atoms with E-state index in [1.807, 2.05) is 13.8 Å². The van der Waals surface area contributed by atoms with Crippen molar-refractivity contribution in [2.75, 3.05) is 6.54 Å². The number of hydrogen-bond acceptors (Lipinski definition) is 5. The van der Waals surface area contributed by atoms with Crippen molar-refractivity contribution in [3.8, 4) is 0 Å². The number of carbonyl (C=O) groups excluding carboxylic acids is 2. The summed E-state index contributed by atoms with van der Waals surface area (Å²) in [4.78, 5) is 23.3. The Morgan fingerprint density at radius 3 is 2.38 bits per heavy atom. The van der Waals surface area contributed by atoms with Crippen molar-refractivity contribution in [3.63, 3.8) is 0 Å². The molecule has 0 fully saturated rings. The molecule has 8 nitrogen and oxygen atoms in total. The van der Waals surface area contributed by atoms with Crippen molar-refractivity contribution < 1.29 is 18.0 Å². The van der Waals surface area contributed by atoms with E-state index in [-0.39, 0.29) is 36.3 Å². The van der Waals surface area contributed by atoms with Crippen LogP contribution in [-0.2, 0) is 26.2 Å². The third-order valence-corrected chi connectivity index (χ3v) is 4.07. The molecule has 0 spiro atoms. The third kappa shape index (κ3) is 7.26. The molecule has 1 aromatic rings. The van der Waals surface area contributed by atoms with Gasteiger partial charge in [-0.15, -0.1) is 12.4 Å². The highest BCUT2D eigenvalue weighted by molar-refractivity contribution is 7.89. The number of hydrogen-bond donors (Lipinski definition) is 4. The van der Waals surface area contributed by atoms with E-state index in [1.165, 1.54) is 18.2 Å². The van der Waals surface area contributed by atoms with E-state index in [0.717, 1.165) is 0 Å². The summed E-state index contributed by atoms with van der Waals surface area (Å²) in [5.41, 5.74) is 6.23. The first kappa shape index (κ1) is 22.3. The highest BCUT2D eigenvalue weighted by Gasteiger charge is 2.17. The van der Waals surface area contributed by atoms with Crippen LogP contribution in [0.15, 0.2) is 29.2 Å². The molecule has 0 bridgehead atoms. The van der Waals surface area contributed by atoms with E-state index in [9.17, 15) is 18.0 Å². The summed E-state index contributed by atoms with van der Waals surface area (Å²) in [7, 11) is -3.79. The SMILES string of the molecule is CC(C)[C@H](N)C(=O)NCC(=O)NCc1cccc(S(N)(=O)=O)c1.Cl. The van der Waals surface area contributed by atoms with Crippen LogP contribution in [0.4, 0.5) is 0 Å². The molecule has 24 heavy (non-hydrogen) atoms. The predicted octanol–water partition coefficient (Wildman–Crippen LogP) is -0.528. The molecule has 0 saturated carbocycles. The summed E-state index contributed by atoms with van der Waals surface area (Å²) in [6.07, 6.45) is 0. The number of rotatable bonds is 7. The number of halogens is 1. The molecular weight excluding hydrogens is 356 g/mol. The van der Waals surface area contributed by atoms with Gasteiger partial charge < -0.3 is 16.4 Å². The molecule has 0 aromatic heterocycles. The summed E-state index contributed by atoms with van der Waals surface area (Å²) in [5.74, 6) is -0.833. The van der Waals surface area contributed by atoms with E-state index >= 15 is 0 Å². The molecule has 1 atom stereocenters. The van der Waals surface area contributed by atoms with Crippen molar-refractivity contribution in [2.45, 2.75) is 31.3 Å². The van der Waals surface area contributed by atoms with Gasteiger partial charge in [-0.1, -0.05) is 26.0 Å². The Hall–Kier alpha value is -1.68. The maximum atomic E-state index is 11.7. The molecule has 136 valence electrons. The number of sulfonamides is 1. The Morgan fingerprint density at radius 2 is 1.83 bits per heavy atom. The minimum atomic E-state index is -3.79. The van der Waals surface area contributed by atoms with Crippen molar-refractivity contribution in [3.05, 3.63) is 29.8 Å². The Labute approximate surface area is 147 Å². The fourth-order valence-corrected chi connectivity index (χ4v) is 2.27. The molecule has 0 heterocycles. The molecule has 0 aliphatic carbocycles. The number of carbonyl (C=O) groups is 2. The van der Waals surface area contributed by atoms with Gasteiger partial charge in [-0.2, -0.15) is 0 Å². The van der Waals surface area contributed by atoms with Crippen LogP contribution in [0.1, 0.15) is 19.4 Å². The van der Waals surface area contributed by atoms with E-state index in [1.54, 1.807) is 6.07 Å². The normalized spacial score (nSPS) is 12.2. The molecule has 0 unspecified atom stereocenters. The molecule has 1 rings (SSSR count). The van der Waals surface area contributed by atoms with Crippen LogP contribution >= 0.6 is 12.4 Å². The van der Waals surface area contributed by atoms with Gasteiger partial charge in [0.05, 0.1) is 17.5 Å². The molecule has 10 heteroatoms. The van der Waals surface area contributed by atoms with Crippen molar-refractivity contribution >= 4 is 34.2 Å². The van der Waals surface area contributed by atoms with Gasteiger partial charge in [0.15, 0.2) is 0 Å². The lowest BCUT2D eigenvalue weighted by Gasteiger charge is -2.15. The second-order valence-corrected chi connectivity index (χ2v) is 7.02. The smallest absolute Gasteiger partial charge is 0.239 e. The lowest BCUT2D eigenvalue weighted by molar-refractivity contribution is -0.127. The van der Waals surface area contributed by atoms with E-state index in [2.05, 4.69) is 10.6 Å². The monoisotopic (exact) mass is 378 g/mol. The molecule has 6 N–H and O–H groups in total. The van der Waals surface area contributed by atoms with Crippen molar-refractivity contribution in [2.24, 2.45) is 16.8 Å².